The molecule has 0 unspecified atom stereocenters. The molecule has 1 aliphatic carbocycles. The number of amides is 4. The van der Waals surface area contributed by atoms with Gasteiger partial charge in [0.2, 0.25) is 23.6 Å². The van der Waals surface area contributed by atoms with E-state index in [4.69, 9.17) is 0 Å². The molecule has 0 aliphatic heterocycles. The van der Waals surface area contributed by atoms with Gasteiger partial charge in [-0.05, 0) is 84.0 Å². The van der Waals surface area contributed by atoms with Crippen molar-refractivity contribution in [3.63, 3.8) is 0 Å². The van der Waals surface area contributed by atoms with Gasteiger partial charge in [-0.2, -0.15) is 0 Å². The van der Waals surface area contributed by atoms with E-state index >= 15 is 0 Å². The molecule has 0 heterocycles. The zero-order valence-electron chi connectivity index (χ0n) is 29.4. The molecule has 0 aromatic rings. The van der Waals surface area contributed by atoms with Crippen molar-refractivity contribution in [2.45, 2.75) is 163 Å². The fraction of sp³-hybridized carbons (Fsp3) is 0.853. The Morgan fingerprint density at radius 1 is 0.800 bits per heavy atom. The van der Waals surface area contributed by atoms with Crippen LogP contribution in [0, 0.1) is 17.3 Å². The highest BCUT2D eigenvalue weighted by atomic mass is 16.4. The monoisotopic (exact) mass is 637 g/mol. The summed E-state index contributed by atoms with van der Waals surface area (Å²) in [5.41, 5.74) is 0.195. The summed E-state index contributed by atoms with van der Waals surface area (Å²) >= 11 is 0. The van der Waals surface area contributed by atoms with E-state index < -0.39 is 35.9 Å². The van der Waals surface area contributed by atoms with Crippen molar-refractivity contribution in [2.75, 3.05) is 6.54 Å². The van der Waals surface area contributed by atoms with Gasteiger partial charge in [0.25, 0.3) is 0 Å². The minimum Gasteiger partial charge on any atom is -0.480 e. The Balaban J connectivity index is 2.48. The Kier molecular flexibility index (Phi) is 17.1. The SMILES string of the molecule is CC(C)[C@H](NC(=O)CCCCCC(C)(C)C)C(=O)N[C@@H](C)C(=O)N[C@@H](CCCCNC(=O)[C@H]1CCC[C@H]1NC(C)(C)C)C(=O)O. The van der Waals surface area contributed by atoms with E-state index in [1.807, 2.05) is 13.8 Å². The first kappa shape index (κ1) is 40.3. The zero-order valence-corrected chi connectivity index (χ0v) is 29.4. The Morgan fingerprint density at radius 2 is 1.47 bits per heavy atom. The topological polar surface area (TPSA) is 166 Å². The first-order valence-corrected chi connectivity index (χ1v) is 17.0. The van der Waals surface area contributed by atoms with Crippen LogP contribution in [0.15, 0.2) is 0 Å². The third-order valence-corrected chi connectivity index (χ3v) is 8.15. The Hall–Kier alpha value is -2.69. The van der Waals surface area contributed by atoms with Crippen molar-refractivity contribution in [3.8, 4) is 0 Å². The molecule has 1 aliphatic rings. The van der Waals surface area contributed by atoms with Crippen LogP contribution in [0.1, 0.15) is 133 Å². The standard InChI is InChI=1S/C34H63N5O6/c1-22(2)28(38-27(40)19-11-10-13-20-33(4,5)6)31(43)36-23(3)29(41)37-26(32(44)45)17-12-14-21-35-30(42)24-16-15-18-25(24)39-34(7,8)9/h22-26,28,39H,10-21H2,1-9H3,(H,35,42)(H,36,43)(H,37,41)(H,38,40)(H,44,45)/t23-,24-,25+,26-,28-/m0/s1. The molecule has 6 N–H and O–H groups in total. The quantitative estimate of drug-likeness (QED) is 0.116. The van der Waals surface area contributed by atoms with Gasteiger partial charge in [0.05, 0.1) is 5.92 Å². The van der Waals surface area contributed by atoms with E-state index in [2.05, 4.69) is 68.1 Å². The Morgan fingerprint density at radius 3 is 2.04 bits per heavy atom. The number of hydrogen-bond donors (Lipinski definition) is 6. The number of hydrogen-bond acceptors (Lipinski definition) is 6. The number of aliphatic carboxylic acids is 1. The van der Waals surface area contributed by atoms with E-state index in [0.29, 0.717) is 25.8 Å². The summed E-state index contributed by atoms with van der Waals surface area (Å²) in [6, 6.07) is -2.77. The Bertz CT molecular complexity index is 971. The maximum Gasteiger partial charge on any atom is 0.326 e. The van der Waals surface area contributed by atoms with Crippen LogP contribution in [0.3, 0.4) is 0 Å². The molecular formula is C34H63N5O6. The summed E-state index contributed by atoms with van der Waals surface area (Å²) < 4.78 is 0. The predicted molar refractivity (Wildman–Crippen MR) is 177 cm³/mol. The maximum atomic E-state index is 13.0. The highest BCUT2D eigenvalue weighted by Crippen LogP contribution is 2.27. The highest BCUT2D eigenvalue weighted by Gasteiger charge is 2.35. The van der Waals surface area contributed by atoms with E-state index in [0.717, 1.165) is 44.9 Å². The summed E-state index contributed by atoms with van der Waals surface area (Å²) in [6.07, 6.45) is 8.23. The molecular weight excluding hydrogens is 574 g/mol. The first-order chi connectivity index (χ1) is 20.8. The van der Waals surface area contributed by atoms with E-state index in [9.17, 15) is 29.1 Å². The average molecular weight is 638 g/mol. The summed E-state index contributed by atoms with van der Waals surface area (Å²) in [5.74, 6) is -2.72. The van der Waals surface area contributed by atoms with Crippen molar-refractivity contribution in [1.82, 2.24) is 26.6 Å². The molecule has 45 heavy (non-hydrogen) atoms. The lowest BCUT2D eigenvalue weighted by Crippen LogP contribution is -2.56. The third kappa shape index (κ3) is 17.0. The average Bonchev–Trinajstić information content (AvgIpc) is 3.35. The minimum atomic E-state index is -1.16. The molecule has 0 aromatic heterocycles. The number of carboxylic acid groups (broad SMARTS) is 1. The van der Waals surface area contributed by atoms with Crippen LogP contribution in [0.25, 0.3) is 0 Å². The number of carbonyl (C=O) groups is 5. The number of carboxylic acids is 1. The van der Waals surface area contributed by atoms with E-state index in [-0.39, 0.29) is 47.1 Å². The molecule has 11 heteroatoms. The predicted octanol–water partition coefficient (Wildman–Crippen LogP) is 4.04. The number of unbranched alkanes of at least 4 members (excludes halogenated alkanes) is 3. The lowest BCUT2D eigenvalue weighted by atomic mass is 9.89. The van der Waals surface area contributed by atoms with Gasteiger partial charge >= 0.3 is 5.97 Å². The van der Waals surface area contributed by atoms with Crippen molar-refractivity contribution >= 4 is 29.6 Å². The number of rotatable bonds is 19. The van der Waals surface area contributed by atoms with Crippen LogP contribution >= 0.6 is 0 Å². The summed E-state index contributed by atoms with van der Waals surface area (Å²) in [6.45, 7) is 18.4. The van der Waals surface area contributed by atoms with Gasteiger partial charge in [0.15, 0.2) is 0 Å². The van der Waals surface area contributed by atoms with Crippen LogP contribution in [-0.2, 0) is 24.0 Å². The molecule has 1 saturated carbocycles. The fourth-order valence-electron chi connectivity index (χ4n) is 5.64. The zero-order chi connectivity index (χ0) is 34.4. The van der Waals surface area contributed by atoms with Crippen LogP contribution in [-0.4, -0.2) is 71.0 Å². The molecule has 11 nitrogen and oxygen atoms in total. The first-order valence-electron chi connectivity index (χ1n) is 17.0. The van der Waals surface area contributed by atoms with Crippen LogP contribution in [0.5, 0.6) is 0 Å². The van der Waals surface area contributed by atoms with Crippen LogP contribution < -0.4 is 26.6 Å². The second kappa shape index (κ2) is 19.1. The fourth-order valence-corrected chi connectivity index (χ4v) is 5.64. The molecule has 260 valence electrons. The third-order valence-electron chi connectivity index (χ3n) is 8.15. The molecule has 0 saturated heterocycles. The van der Waals surface area contributed by atoms with Gasteiger partial charge in [0.1, 0.15) is 18.1 Å². The van der Waals surface area contributed by atoms with Crippen molar-refractivity contribution in [3.05, 3.63) is 0 Å². The highest BCUT2D eigenvalue weighted by molar-refractivity contribution is 5.93. The molecule has 0 bridgehead atoms. The summed E-state index contributed by atoms with van der Waals surface area (Å²) in [7, 11) is 0. The van der Waals surface area contributed by atoms with Gasteiger partial charge in [-0.15, -0.1) is 0 Å². The molecule has 0 spiro atoms. The summed E-state index contributed by atoms with van der Waals surface area (Å²) in [5, 5.41) is 24.1. The van der Waals surface area contributed by atoms with Gasteiger partial charge in [-0.3, -0.25) is 19.2 Å². The second-order valence-electron chi connectivity index (χ2n) is 15.4. The van der Waals surface area contributed by atoms with Gasteiger partial charge < -0.3 is 31.7 Å². The molecule has 0 radical (unpaired) electrons. The van der Waals surface area contributed by atoms with Crippen molar-refractivity contribution in [1.29, 1.82) is 0 Å². The van der Waals surface area contributed by atoms with Crippen molar-refractivity contribution < 1.29 is 29.1 Å². The van der Waals surface area contributed by atoms with E-state index in [1.165, 1.54) is 6.92 Å². The lowest BCUT2D eigenvalue weighted by Gasteiger charge is -2.29. The van der Waals surface area contributed by atoms with E-state index in [1.54, 1.807) is 0 Å². The molecule has 0 aromatic carbocycles. The van der Waals surface area contributed by atoms with Crippen LogP contribution in [0.4, 0.5) is 0 Å². The van der Waals surface area contributed by atoms with Gasteiger partial charge in [-0.25, -0.2) is 4.79 Å². The largest absolute Gasteiger partial charge is 0.480 e. The molecule has 5 atom stereocenters. The molecule has 1 rings (SSSR count). The minimum absolute atomic E-state index is 0.0221. The van der Waals surface area contributed by atoms with Crippen LogP contribution in [0.2, 0.25) is 0 Å². The number of nitrogens with one attached hydrogen (secondary N) is 5. The van der Waals surface area contributed by atoms with Gasteiger partial charge in [0, 0.05) is 24.5 Å². The van der Waals surface area contributed by atoms with Gasteiger partial charge in [-0.1, -0.05) is 53.9 Å². The second-order valence-corrected chi connectivity index (χ2v) is 15.4. The molecule has 1 fully saturated rings. The lowest BCUT2D eigenvalue weighted by molar-refractivity contribution is -0.142. The smallest absolute Gasteiger partial charge is 0.326 e. The maximum absolute atomic E-state index is 13.0. The summed E-state index contributed by atoms with van der Waals surface area (Å²) in [4.78, 5) is 62.9. The Labute approximate surface area is 271 Å². The number of carbonyl (C=O) groups excluding carboxylic acids is 4. The van der Waals surface area contributed by atoms with Crippen molar-refractivity contribution in [2.24, 2.45) is 17.3 Å². The molecule has 4 amide bonds. The normalized spacial score (nSPS) is 19.0.